The zero-order valence-corrected chi connectivity index (χ0v) is 14.1. The first kappa shape index (κ1) is 15.5. The van der Waals surface area contributed by atoms with Crippen LogP contribution in [0.4, 0.5) is 0 Å². The quantitative estimate of drug-likeness (QED) is 0.826. The smallest absolute Gasteiger partial charge is 0.293 e. The fraction of sp³-hybridized carbons (Fsp3) is 0.471. The van der Waals surface area contributed by atoms with Gasteiger partial charge in [0.25, 0.3) is 5.91 Å². The Morgan fingerprint density at radius 2 is 2.00 bits per heavy atom. The number of amidine groups is 1. The Hall–Kier alpha value is -2.06. The van der Waals surface area contributed by atoms with E-state index in [-0.39, 0.29) is 11.9 Å². The molecule has 1 aromatic rings. The molecular formula is C17H16N4O2S. The van der Waals surface area contributed by atoms with Crippen LogP contribution in [0.25, 0.3) is 0 Å². The minimum atomic E-state index is -1.48. The van der Waals surface area contributed by atoms with Crippen molar-refractivity contribution in [1.82, 2.24) is 0 Å². The van der Waals surface area contributed by atoms with Crippen molar-refractivity contribution in [2.24, 2.45) is 21.6 Å². The Bertz CT molecular complexity index is 826. The van der Waals surface area contributed by atoms with Crippen LogP contribution in [-0.2, 0) is 9.47 Å². The second kappa shape index (κ2) is 4.73. The molecule has 0 unspecified atom stereocenters. The monoisotopic (exact) mass is 340 g/mol. The first-order valence-electron chi connectivity index (χ1n) is 7.65. The van der Waals surface area contributed by atoms with Crippen LogP contribution in [0.5, 0.6) is 0 Å². The molecule has 6 nitrogen and oxygen atoms in total. The van der Waals surface area contributed by atoms with Crippen LogP contribution in [0.1, 0.15) is 18.4 Å². The molecule has 122 valence electrons. The van der Waals surface area contributed by atoms with E-state index >= 15 is 0 Å². The predicted octanol–water partition coefficient (Wildman–Crippen LogP) is 1.99. The number of hydrogen-bond donors (Lipinski definition) is 1. The lowest BCUT2D eigenvalue weighted by atomic mass is 9.94. The highest BCUT2D eigenvalue weighted by atomic mass is 32.2. The summed E-state index contributed by atoms with van der Waals surface area (Å²) in [5, 5.41) is 19.9. The summed E-state index contributed by atoms with van der Waals surface area (Å²) in [7, 11) is 0. The normalized spacial score (nSPS) is 42.2. The Morgan fingerprint density at radius 3 is 2.50 bits per heavy atom. The molecule has 2 N–H and O–H groups in total. The minimum Gasteiger partial charge on any atom is -0.386 e. The number of nitrogens with two attached hydrogens (primary N) is 1. The summed E-state index contributed by atoms with van der Waals surface area (Å²) < 4.78 is 11.7. The molecule has 1 aromatic carbocycles. The molecule has 24 heavy (non-hydrogen) atoms. The molecule has 2 fully saturated rings. The third kappa shape index (κ3) is 1.46. The molecule has 1 saturated heterocycles. The standard InChI is InChI=1S/C17H16N4O2S/c1-10-7-22-17(23-10)16(9-19)13(15(16,8-18)14(20)21-17)11-3-5-12(24-2)6-4-11/h3-6,10,13H,7H2,1-2H3,(H2,20,21)/t10-,13-,15-,16-,17-/m1/s1. The predicted molar refractivity (Wildman–Crippen MR) is 87.9 cm³/mol. The van der Waals surface area contributed by atoms with Gasteiger partial charge >= 0.3 is 0 Å². The molecule has 0 radical (unpaired) electrons. The molecule has 4 rings (SSSR count). The van der Waals surface area contributed by atoms with Gasteiger partial charge in [0, 0.05) is 10.8 Å². The van der Waals surface area contributed by atoms with Crippen molar-refractivity contribution in [3.63, 3.8) is 0 Å². The van der Waals surface area contributed by atoms with E-state index < -0.39 is 22.7 Å². The number of rotatable bonds is 2. The molecule has 0 bridgehead atoms. The highest BCUT2D eigenvalue weighted by Gasteiger charge is 2.94. The number of benzene rings is 1. The number of ether oxygens (including phenoxy) is 2. The summed E-state index contributed by atoms with van der Waals surface area (Å²) >= 11 is 1.63. The fourth-order valence-corrected chi connectivity index (χ4v) is 4.57. The van der Waals surface area contributed by atoms with Gasteiger partial charge in [-0.25, -0.2) is 4.99 Å². The molecule has 0 amide bonds. The Morgan fingerprint density at radius 1 is 1.29 bits per heavy atom. The van der Waals surface area contributed by atoms with E-state index in [0.29, 0.717) is 6.61 Å². The number of aliphatic imine (C=N–C) groups is 1. The van der Waals surface area contributed by atoms with Crippen molar-refractivity contribution in [3.05, 3.63) is 29.8 Å². The molecule has 1 saturated carbocycles. The Labute approximate surface area is 144 Å². The molecular weight excluding hydrogens is 324 g/mol. The minimum absolute atomic E-state index is 0.125. The van der Waals surface area contributed by atoms with Crippen molar-refractivity contribution in [2.45, 2.75) is 29.8 Å². The lowest BCUT2D eigenvalue weighted by molar-refractivity contribution is -0.193. The van der Waals surface area contributed by atoms with Crippen LogP contribution >= 0.6 is 11.8 Å². The van der Waals surface area contributed by atoms with Crippen molar-refractivity contribution in [2.75, 3.05) is 12.9 Å². The average molecular weight is 340 g/mol. The lowest BCUT2D eigenvalue weighted by Gasteiger charge is -2.26. The van der Waals surface area contributed by atoms with E-state index in [1.165, 1.54) is 0 Å². The van der Waals surface area contributed by atoms with Crippen molar-refractivity contribution in [3.8, 4) is 12.1 Å². The molecule has 2 aliphatic heterocycles. The largest absolute Gasteiger partial charge is 0.386 e. The summed E-state index contributed by atoms with van der Waals surface area (Å²) in [6.45, 7) is 2.17. The maximum Gasteiger partial charge on any atom is 0.293 e. The second-order valence-corrected chi connectivity index (χ2v) is 7.24. The zero-order valence-electron chi connectivity index (χ0n) is 13.3. The maximum absolute atomic E-state index is 10.0. The summed E-state index contributed by atoms with van der Waals surface area (Å²) in [4.78, 5) is 5.41. The van der Waals surface area contributed by atoms with Gasteiger partial charge in [-0.3, -0.25) is 0 Å². The average Bonchev–Trinajstić information content (AvgIpc) is 2.99. The molecule has 2 heterocycles. The first-order chi connectivity index (χ1) is 11.5. The van der Waals surface area contributed by atoms with E-state index in [4.69, 9.17) is 15.2 Å². The van der Waals surface area contributed by atoms with E-state index in [0.717, 1.165) is 10.5 Å². The van der Waals surface area contributed by atoms with Gasteiger partial charge in [-0.1, -0.05) is 12.1 Å². The summed E-state index contributed by atoms with van der Waals surface area (Å²) in [5.74, 6) is -1.78. The van der Waals surface area contributed by atoms with Gasteiger partial charge in [0.2, 0.25) is 0 Å². The number of fused-ring (bicyclic) bond motifs is 2. The van der Waals surface area contributed by atoms with Gasteiger partial charge in [-0.15, -0.1) is 11.8 Å². The number of nitriles is 2. The lowest BCUT2D eigenvalue weighted by Crippen LogP contribution is -2.39. The molecule has 7 heteroatoms. The molecule has 1 aliphatic carbocycles. The Balaban J connectivity index is 1.87. The second-order valence-electron chi connectivity index (χ2n) is 6.36. The fourth-order valence-electron chi connectivity index (χ4n) is 4.16. The SMILES string of the molecule is CSc1ccc([C@H]2[C@@]3(C#N)[C@@]4(N=C(N)[C@@]23C#N)OC[C@@H](C)O4)cc1. The third-order valence-electron chi connectivity index (χ3n) is 5.25. The highest BCUT2D eigenvalue weighted by Crippen LogP contribution is 2.82. The molecule has 5 atom stereocenters. The summed E-state index contributed by atoms with van der Waals surface area (Å²) in [6, 6.07) is 12.4. The molecule has 0 aromatic heterocycles. The van der Waals surface area contributed by atoms with Crippen molar-refractivity contribution in [1.29, 1.82) is 10.5 Å². The van der Waals surface area contributed by atoms with Gasteiger partial charge in [0.05, 0.1) is 24.8 Å². The highest BCUT2D eigenvalue weighted by molar-refractivity contribution is 7.98. The first-order valence-corrected chi connectivity index (χ1v) is 8.88. The van der Waals surface area contributed by atoms with Gasteiger partial charge < -0.3 is 15.2 Å². The summed E-state index contributed by atoms with van der Waals surface area (Å²) in [5.41, 5.74) is 4.55. The van der Waals surface area contributed by atoms with Gasteiger partial charge in [0.1, 0.15) is 11.3 Å². The van der Waals surface area contributed by atoms with Crippen LogP contribution in [0.3, 0.4) is 0 Å². The van der Waals surface area contributed by atoms with Crippen LogP contribution in [0, 0.1) is 33.5 Å². The maximum atomic E-state index is 10.0. The van der Waals surface area contributed by atoms with Gasteiger partial charge in [-0.05, 0) is 30.9 Å². The number of nitrogens with zero attached hydrogens (tertiary/aromatic N) is 3. The molecule has 3 aliphatic rings. The van der Waals surface area contributed by atoms with E-state index in [1.807, 2.05) is 37.4 Å². The van der Waals surface area contributed by atoms with Crippen molar-refractivity contribution < 1.29 is 9.47 Å². The van der Waals surface area contributed by atoms with Crippen LogP contribution in [-0.4, -0.2) is 30.7 Å². The molecule has 1 spiro atoms. The van der Waals surface area contributed by atoms with E-state index in [2.05, 4.69) is 17.1 Å². The zero-order chi connectivity index (χ0) is 17.2. The topological polar surface area (TPSA) is 104 Å². The van der Waals surface area contributed by atoms with Crippen molar-refractivity contribution >= 4 is 17.6 Å². The van der Waals surface area contributed by atoms with E-state index in [9.17, 15) is 10.5 Å². The van der Waals surface area contributed by atoms with Gasteiger partial charge in [0.15, 0.2) is 5.41 Å². The Kier molecular flexibility index (Phi) is 3.05. The van der Waals surface area contributed by atoms with Crippen LogP contribution < -0.4 is 5.73 Å². The number of hydrogen-bond acceptors (Lipinski definition) is 7. The van der Waals surface area contributed by atoms with E-state index in [1.54, 1.807) is 11.8 Å². The van der Waals surface area contributed by atoms with Crippen LogP contribution in [0.15, 0.2) is 34.2 Å². The summed E-state index contributed by atoms with van der Waals surface area (Å²) in [6.07, 6.45) is 1.79. The third-order valence-corrected chi connectivity index (χ3v) is 5.99. The van der Waals surface area contributed by atoms with Gasteiger partial charge in [-0.2, -0.15) is 10.5 Å². The van der Waals surface area contributed by atoms with Crippen LogP contribution in [0.2, 0.25) is 0 Å². The number of thioether (sulfide) groups is 1.